The van der Waals surface area contributed by atoms with E-state index in [0.29, 0.717) is 44.6 Å². The SMILES string of the molecule is CCCn1ccnc1CNC(=O)N1CCN(c2nccc(OC)n2)CC1. The van der Waals surface area contributed by atoms with Crippen LogP contribution in [0.25, 0.3) is 0 Å². The maximum absolute atomic E-state index is 12.4. The first-order valence-corrected chi connectivity index (χ1v) is 8.86. The third-order valence-corrected chi connectivity index (χ3v) is 4.34. The number of amides is 2. The second-order valence-electron chi connectivity index (χ2n) is 6.07. The van der Waals surface area contributed by atoms with E-state index < -0.39 is 0 Å². The van der Waals surface area contributed by atoms with Crippen molar-refractivity contribution in [2.75, 3.05) is 38.2 Å². The van der Waals surface area contributed by atoms with Gasteiger partial charge in [0.25, 0.3) is 0 Å². The normalized spacial score (nSPS) is 14.4. The molecule has 0 saturated carbocycles. The fraction of sp³-hybridized carbons (Fsp3) is 0.529. The fourth-order valence-electron chi connectivity index (χ4n) is 2.93. The number of aryl methyl sites for hydroxylation is 1. The molecule has 1 saturated heterocycles. The molecule has 3 rings (SSSR count). The number of hydrogen-bond donors (Lipinski definition) is 1. The molecule has 1 N–H and O–H groups in total. The number of ether oxygens (including phenoxy) is 1. The van der Waals surface area contributed by atoms with Gasteiger partial charge in [0.2, 0.25) is 11.8 Å². The van der Waals surface area contributed by atoms with Crippen LogP contribution in [0.3, 0.4) is 0 Å². The molecule has 0 atom stereocenters. The molecule has 0 radical (unpaired) electrons. The van der Waals surface area contributed by atoms with Crippen LogP contribution in [0.2, 0.25) is 0 Å². The highest BCUT2D eigenvalue weighted by Gasteiger charge is 2.23. The van der Waals surface area contributed by atoms with E-state index in [9.17, 15) is 4.79 Å². The molecular weight excluding hydrogens is 334 g/mol. The summed E-state index contributed by atoms with van der Waals surface area (Å²) in [6.45, 7) is 6.07. The van der Waals surface area contributed by atoms with Crippen molar-refractivity contribution in [2.45, 2.75) is 26.4 Å². The summed E-state index contributed by atoms with van der Waals surface area (Å²) in [6, 6.07) is 1.65. The predicted octanol–water partition coefficient (Wildman–Crippen LogP) is 1.12. The summed E-state index contributed by atoms with van der Waals surface area (Å²) in [4.78, 5) is 29.2. The molecule has 0 bridgehead atoms. The molecule has 0 aromatic carbocycles. The lowest BCUT2D eigenvalue weighted by Gasteiger charge is -2.34. The van der Waals surface area contributed by atoms with Crippen molar-refractivity contribution in [3.8, 4) is 5.88 Å². The first-order chi connectivity index (χ1) is 12.7. The number of carbonyl (C=O) groups excluding carboxylic acids is 1. The Balaban J connectivity index is 1.49. The van der Waals surface area contributed by atoms with E-state index in [2.05, 4.69) is 36.7 Å². The Morgan fingerprint density at radius 2 is 2.04 bits per heavy atom. The monoisotopic (exact) mass is 359 g/mol. The largest absolute Gasteiger partial charge is 0.481 e. The topological polar surface area (TPSA) is 88.4 Å². The number of methoxy groups -OCH3 is 1. The minimum atomic E-state index is -0.0674. The molecular formula is C17H25N7O2. The van der Waals surface area contributed by atoms with Crippen molar-refractivity contribution < 1.29 is 9.53 Å². The molecule has 2 aromatic heterocycles. The number of aromatic nitrogens is 4. The van der Waals surface area contributed by atoms with E-state index in [4.69, 9.17) is 4.74 Å². The van der Waals surface area contributed by atoms with Crippen LogP contribution in [0.15, 0.2) is 24.7 Å². The van der Waals surface area contributed by atoms with Crippen molar-refractivity contribution in [3.63, 3.8) is 0 Å². The average molecular weight is 359 g/mol. The second-order valence-corrected chi connectivity index (χ2v) is 6.07. The number of hydrogen-bond acceptors (Lipinski definition) is 6. The quantitative estimate of drug-likeness (QED) is 0.832. The number of nitrogens with one attached hydrogen (secondary N) is 1. The van der Waals surface area contributed by atoms with Gasteiger partial charge in [0.15, 0.2) is 0 Å². The molecule has 0 unspecified atom stereocenters. The summed E-state index contributed by atoms with van der Waals surface area (Å²) in [5.41, 5.74) is 0. The maximum Gasteiger partial charge on any atom is 0.317 e. The van der Waals surface area contributed by atoms with Crippen molar-refractivity contribution in [1.82, 2.24) is 29.7 Å². The number of anilines is 1. The van der Waals surface area contributed by atoms with E-state index in [1.807, 2.05) is 11.1 Å². The van der Waals surface area contributed by atoms with Gasteiger partial charge in [-0.2, -0.15) is 4.98 Å². The Hall–Kier alpha value is -2.84. The van der Waals surface area contributed by atoms with E-state index in [0.717, 1.165) is 18.8 Å². The first kappa shape index (κ1) is 18.0. The molecule has 2 amide bonds. The molecule has 1 aliphatic rings. The van der Waals surface area contributed by atoms with Crippen LogP contribution in [0.1, 0.15) is 19.2 Å². The molecule has 0 aliphatic carbocycles. The summed E-state index contributed by atoms with van der Waals surface area (Å²) in [6.07, 6.45) is 6.42. The van der Waals surface area contributed by atoms with Gasteiger partial charge in [-0.15, -0.1) is 0 Å². The van der Waals surface area contributed by atoms with Crippen molar-refractivity contribution >= 4 is 12.0 Å². The average Bonchev–Trinajstić information content (AvgIpc) is 3.14. The smallest absolute Gasteiger partial charge is 0.317 e. The van der Waals surface area contributed by atoms with Gasteiger partial charge >= 0.3 is 6.03 Å². The Morgan fingerprint density at radius 1 is 1.23 bits per heavy atom. The van der Waals surface area contributed by atoms with Crippen LogP contribution in [0, 0.1) is 0 Å². The third kappa shape index (κ3) is 4.22. The van der Waals surface area contributed by atoms with E-state index in [-0.39, 0.29) is 6.03 Å². The third-order valence-electron chi connectivity index (χ3n) is 4.34. The Labute approximate surface area is 153 Å². The van der Waals surface area contributed by atoms with E-state index in [1.165, 1.54) is 0 Å². The van der Waals surface area contributed by atoms with Crippen molar-refractivity contribution in [1.29, 1.82) is 0 Å². The Morgan fingerprint density at radius 3 is 2.77 bits per heavy atom. The lowest BCUT2D eigenvalue weighted by molar-refractivity contribution is 0.193. The van der Waals surface area contributed by atoms with Gasteiger partial charge in [-0.1, -0.05) is 6.92 Å². The van der Waals surface area contributed by atoms with Gasteiger partial charge in [0.1, 0.15) is 5.82 Å². The number of rotatable bonds is 6. The lowest BCUT2D eigenvalue weighted by atomic mass is 10.3. The summed E-state index contributed by atoms with van der Waals surface area (Å²) in [5.74, 6) is 2.05. The molecule has 0 spiro atoms. The Kier molecular flexibility index (Phi) is 5.88. The molecule has 3 heterocycles. The van der Waals surface area contributed by atoms with Crippen LogP contribution < -0.4 is 15.0 Å². The van der Waals surface area contributed by atoms with Gasteiger partial charge in [-0.05, 0) is 6.42 Å². The zero-order chi connectivity index (χ0) is 18.4. The highest BCUT2D eigenvalue weighted by molar-refractivity contribution is 5.74. The van der Waals surface area contributed by atoms with E-state index in [1.54, 1.807) is 25.6 Å². The van der Waals surface area contributed by atoms with Gasteiger partial charge in [-0.25, -0.2) is 14.8 Å². The van der Waals surface area contributed by atoms with Gasteiger partial charge in [0, 0.05) is 57.4 Å². The minimum Gasteiger partial charge on any atom is -0.481 e. The number of carbonyl (C=O) groups is 1. The first-order valence-electron chi connectivity index (χ1n) is 8.86. The molecule has 2 aromatic rings. The maximum atomic E-state index is 12.4. The minimum absolute atomic E-state index is 0.0674. The number of piperazine rings is 1. The van der Waals surface area contributed by atoms with Gasteiger partial charge < -0.3 is 24.4 Å². The van der Waals surface area contributed by atoms with Crippen LogP contribution >= 0.6 is 0 Å². The molecule has 1 fully saturated rings. The summed E-state index contributed by atoms with van der Waals surface area (Å²) in [7, 11) is 1.58. The molecule has 1 aliphatic heterocycles. The molecule has 26 heavy (non-hydrogen) atoms. The van der Waals surface area contributed by atoms with Crippen LogP contribution in [0.5, 0.6) is 5.88 Å². The van der Waals surface area contributed by atoms with Crippen molar-refractivity contribution in [3.05, 3.63) is 30.5 Å². The van der Waals surface area contributed by atoms with Gasteiger partial charge in [0.05, 0.1) is 13.7 Å². The molecule has 9 nitrogen and oxygen atoms in total. The number of imidazole rings is 1. The summed E-state index contributed by atoms with van der Waals surface area (Å²) < 4.78 is 7.21. The highest BCUT2D eigenvalue weighted by atomic mass is 16.5. The standard InChI is InChI=1S/C17H25N7O2/c1-3-7-22-8-6-18-14(22)13-20-17(25)24-11-9-23(10-12-24)16-19-5-4-15(21-16)26-2/h4-6,8H,3,7,9-13H2,1-2H3,(H,20,25). The van der Waals surface area contributed by atoms with Gasteiger partial charge in [-0.3, -0.25) is 0 Å². The lowest BCUT2D eigenvalue weighted by Crippen LogP contribution is -2.52. The highest BCUT2D eigenvalue weighted by Crippen LogP contribution is 2.14. The summed E-state index contributed by atoms with van der Waals surface area (Å²) >= 11 is 0. The fourth-order valence-corrected chi connectivity index (χ4v) is 2.93. The van der Waals surface area contributed by atoms with E-state index >= 15 is 0 Å². The predicted molar refractivity (Wildman–Crippen MR) is 97.1 cm³/mol. The number of urea groups is 1. The molecule has 9 heteroatoms. The van der Waals surface area contributed by atoms with Crippen LogP contribution in [-0.4, -0.2) is 63.7 Å². The zero-order valence-electron chi connectivity index (χ0n) is 15.3. The second kappa shape index (κ2) is 8.50. The number of nitrogens with zero attached hydrogens (tertiary/aromatic N) is 6. The zero-order valence-corrected chi connectivity index (χ0v) is 15.3. The van der Waals surface area contributed by atoms with Crippen LogP contribution in [0.4, 0.5) is 10.7 Å². The summed E-state index contributed by atoms with van der Waals surface area (Å²) in [5, 5.41) is 2.96. The van der Waals surface area contributed by atoms with Crippen LogP contribution in [-0.2, 0) is 13.1 Å². The van der Waals surface area contributed by atoms with Crippen molar-refractivity contribution in [2.24, 2.45) is 0 Å². The Bertz CT molecular complexity index is 725. The molecule has 140 valence electrons.